The topological polar surface area (TPSA) is 12.0 Å². The van der Waals surface area contributed by atoms with E-state index < -0.39 is 0 Å². The first kappa shape index (κ1) is 9.05. The molecule has 0 aliphatic heterocycles. The van der Waals surface area contributed by atoms with Crippen LogP contribution in [0.15, 0.2) is 0 Å². The second-order valence-corrected chi connectivity index (χ2v) is 3.89. The minimum atomic E-state index is 0. The van der Waals surface area contributed by atoms with Gasteiger partial charge in [-0.15, -0.1) is 0 Å². The van der Waals surface area contributed by atoms with E-state index in [2.05, 4.69) is 26.1 Å². The first-order chi connectivity index (χ1) is 5.27. The van der Waals surface area contributed by atoms with Crippen molar-refractivity contribution < 1.29 is 1.43 Å². The molecule has 0 amide bonds. The summed E-state index contributed by atoms with van der Waals surface area (Å²) in [5, 5.41) is 3.56. The number of nitrogens with one attached hydrogen (secondary N) is 1. The molecular weight excluding hydrogens is 134 g/mol. The van der Waals surface area contributed by atoms with Crippen molar-refractivity contribution in [1.29, 1.82) is 0 Å². The van der Waals surface area contributed by atoms with Crippen LogP contribution in [0.1, 0.15) is 41.5 Å². The number of hydrogen-bond donors (Lipinski definition) is 1. The molecule has 3 unspecified atom stereocenters. The predicted octanol–water partition coefficient (Wildman–Crippen LogP) is 2.67. The molecule has 1 aliphatic carbocycles. The fourth-order valence-electron chi connectivity index (χ4n) is 2.26. The molecule has 0 bridgehead atoms. The molecule has 0 aromatic carbocycles. The van der Waals surface area contributed by atoms with E-state index >= 15 is 0 Å². The Hall–Kier alpha value is -0.0400. The summed E-state index contributed by atoms with van der Waals surface area (Å²) >= 11 is 0. The Morgan fingerprint density at radius 3 is 2.55 bits per heavy atom. The zero-order valence-corrected chi connectivity index (χ0v) is 8.06. The zero-order valence-electron chi connectivity index (χ0n) is 8.06. The SMILES string of the molecule is CCNC1CC(CC)CC1C.[HH]. The minimum Gasteiger partial charge on any atom is -0.314 e. The molecule has 1 fully saturated rings. The van der Waals surface area contributed by atoms with Crippen molar-refractivity contribution in [2.45, 2.75) is 46.1 Å². The monoisotopic (exact) mass is 157 g/mol. The summed E-state index contributed by atoms with van der Waals surface area (Å²) in [7, 11) is 0. The van der Waals surface area contributed by atoms with E-state index in [0.717, 1.165) is 24.4 Å². The maximum atomic E-state index is 3.56. The molecular formula is C10H23N. The van der Waals surface area contributed by atoms with Gasteiger partial charge in [0.1, 0.15) is 0 Å². The van der Waals surface area contributed by atoms with Crippen molar-refractivity contribution >= 4 is 0 Å². The lowest BCUT2D eigenvalue weighted by Crippen LogP contribution is -2.30. The van der Waals surface area contributed by atoms with E-state index in [0.29, 0.717) is 0 Å². The van der Waals surface area contributed by atoms with Crippen LogP contribution in [0.4, 0.5) is 0 Å². The van der Waals surface area contributed by atoms with E-state index in [1.165, 1.54) is 19.3 Å². The van der Waals surface area contributed by atoms with Gasteiger partial charge in [-0.1, -0.05) is 27.2 Å². The average Bonchev–Trinajstić information content (AvgIpc) is 2.33. The van der Waals surface area contributed by atoms with Gasteiger partial charge in [0.05, 0.1) is 0 Å². The third-order valence-corrected chi connectivity index (χ3v) is 3.02. The van der Waals surface area contributed by atoms with Crippen LogP contribution in [0.3, 0.4) is 0 Å². The van der Waals surface area contributed by atoms with Crippen molar-refractivity contribution in [2.24, 2.45) is 11.8 Å². The van der Waals surface area contributed by atoms with Crippen molar-refractivity contribution in [2.75, 3.05) is 6.54 Å². The highest BCUT2D eigenvalue weighted by Gasteiger charge is 2.28. The molecule has 0 radical (unpaired) electrons. The summed E-state index contributed by atoms with van der Waals surface area (Å²) < 4.78 is 0. The molecule has 0 spiro atoms. The fraction of sp³-hybridized carbons (Fsp3) is 1.00. The van der Waals surface area contributed by atoms with Crippen LogP contribution in [0, 0.1) is 11.8 Å². The Labute approximate surface area is 72.1 Å². The number of rotatable bonds is 3. The molecule has 68 valence electrons. The molecule has 0 saturated heterocycles. The maximum absolute atomic E-state index is 3.56. The van der Waals surface area contributed by atoms with Gasteiger partial charge in [-0.25, -0.2) is 0 Å². The van der Waals surface area contributed by atoms with Gasteiger partial charge in [0.15, 0.2) is 0 Å². The summed E-state index contributed by atoms with van der Waals surface area (Å²) in [4.78, 5) is 0. The van der Waals surface area contributed by atoms with Crippen molar-refractivity contribution in [3.8, 4) is 0 Å². The molecule has 0 heterocycles. The second-order valence-electron chi connectivity index (χ2n) is 3.89. The molecule has 3 atom stereocenters. The van der Waals surface area contributed by atoms with Gasteiger partial charge in [0.25, 0.3) is 0 Å². The lowest BCUT2D eigenvalue weighted by molar-refractivity contribution is 0.437. The van der Waals surface area contributed by atoms with Crippen LogP contribution in [-0.2, 0) is 0 Å². The summed E-state index contributed by atoms with van der Waals surface area (Å²) in [6, 6.07) is 0.810. The lowest BCUT2D eigenvalue weighted by Gasteiger charge is -2.15. The largest absolute Gasteiger partial charge is 0.314 e. The maximum Gasteiger partial charge on any atom is 0.00953 e. The van der Waals surface area contributed by atoms with Gasteiger partial charge in [-0.05, 0) is 31.2 Å². The predicted molar refractivity (Wildman–Crippen MR) is 51.8 cm³/mol. The van der Waals surface area contributed by atoms with E-state index in [9.17, 15) is 0 Å². The first-order valence-electron chi connectivity index (χ1n) is 5.01. The summed E-state index contributed by atoms with van der Waals surface area (Å²) in [6.45, 7) is 8.02. The minimum absolute atomic E-state index is 0. The average molecular weight is 157 g/mol. The van der Waals surface area contributed by atoms with Gasteiger partial charge in [0, 0.05) is 7.47 Å². The summed E-state index contributed by atoms with van der Waals surface area (Å²) in [6.07, 6.45) is 4.21. The number of hydrogen-bond acceptors (Lipinski definition) is 1. The Bertz CT molecular complexity index is 116. The molecule has 1 aliphatic rings. The Kier molecular flexibility index (Phi) is 3.38. The van der Waals surface area contributed by atoms with Crippen LogP contribution in [-0.4, -0.2) is 12.6 Å². The van der Waals surface area contributed by atoms with Gasteiger partial charge in [-0.3, -0.25) is 0 Å². The molecule has 0 aromatic heterocycles. The van der Waals surface area contributed by atoms with Gasteiger partial charge >= 0.3 is 0 Å². The van der Waals surface area contributed by atoms with E-state index in [-0.39, 0.29) is 1.43 Å². The molecule has 1 nitrogen and oxygen atoms in total. The second kappa shape index (κ2) is 4.10. The summed E-state index contributed by atoms with van der Waals surface area (Å²) in [5.74, 6) is 1.90. The van der Waals surface area contributed by atoms with Crippen LogP contribution >= 0.6 is 0 Å². The standard InChI is InChI=1S/C10H21N.H2/c1-4-9-6-8(3)10(7-9)11-5-2;/h8-11H,4-7H2,1-3H3;1H. The van der Waals surface area contributed by atoms with Gasteiger partial charge in [0.2, 0.25) is 0 Å². The normalized spacial score (nSPS) is 37.9. The molecule has 1 heteroatoms. The van der Waals surface area contributed by atoms with Crippen LogP contribution < -0.4 is 5.32 Å². The third-order valence-electron chi connectivity index (χ3n) is 3.02. The van der Waals surface area contributed by atoms with E-state index in [4.69, 9.17) is 0 Å². The van der Waals surface area contributed by atoms with Crippen molar-refractivity contribution in [1.82, 2.24) is 5.32 Å². The Morgan fingerprint density at radius 1 is 1.36 bits per heavy atom. The van der Waals surface area contributed by atoms with E-state index in [1.54, 1.807) is 0 Å². The van der Waals surface area contributed by atoms with Gasteiger partial charge < -0.3 is 5.32 Å². The molecule has 1 N–H and O–H groups in total. The Balaban J connectivity index is 0.00000121. The van der Waals surface area contributed by atoms with Crippen molar-refractivity contribution in [3.05, 3.63) is 0 Å². The van der Waals surface area contributed by atoms with Crippen LogP contribution in [0.25, 0.3) is 0 Å². The lowest BCUT2D eigenvalue weighted by atomic mass is 10.0. The van der Waals surface area contributed by atoms with E-state index in [1.807, 2.05) is 0 Å². The highest BCUT2D eigenvalue weighted by molar-refractivity contribution is 4.84. The third kappa shape index (κ3) is 2.19. The smallest absolute Gasteiger partial charge is 0.00953 e. The van der Waals surface area contributed by atoms with Crippen molar-refractivity contribution in [3.63, 3.8) is 0 Å². The Morgan fingerprint density at radius 2 is 2.09 bits per heavy atom. The molecule has 1 saturated carbocycles. The highest BCUT2D eigenvalue weighted by atomic mass is 14.9. The molecule has 11 heavy (non-hydrogen) atoms. The first-order valence-corrected chi connectivity index (χ1v) is 5.01. The quantitative estimate of drug-likeness (QED) is 0.664. The fourth-order valence-corrected chi connectivity index (χ4v) is 2.26. The van der Waals surface area contributed by atoms with Crippen LogP contribution in [0.5, 0.6) is 0 Å². The van der Waals surface area contributed by atoms with Crippen LogP contribution in [0.2, 0.25) is 0 Å². The molecule has 0 aromatic rings. The molecule has 1 rings (SSSR count). The van der Waals surface area contributed by atoms with Gasteiger partial charge in [-0.2, -0.15) is 0 Å². The highest BCUT2D eigenvalue weighted by Crippen LogP contribution is 2.32. The summed E-state index contributed by atoms with van der Waals surface area (Å²) in [5.41, 5.74) is 0. The zero-order chi connectivity index (χ0) is 8.27.